The van der Waals surface area contributed by atoms with Crippen LogP contribution in [0.2, 0.25) is 0 Å². The van der Waals surface area contributed by atoms with Crippen molar-refractivity contribution in [3.63, 3.8) is 0 Å². The lowest BCUT2D eigenvalue weighted by Crippen LogP contribution is -2.40. The number of methoxy groups -OCH3 is 1. The van der Waals surface area contributed by atoms with Gasteiger partial charge in [-0.3, -0.25) is 4.79 Å². The third kappa shape index (κ3) is 4.43. The minimum Gasteiger partial charge on any atom is -0.469 e. The Morgan fingerprint density at radius 1 is 1.17 bits per heavy atom. The highest BCUT2D eigenvalue weighted by atomic mass is 35.5. The molecule has 1 heterocycles. The Kier molecular flexibility index (Phi) is 7.02. The van der Waals surface area contributed by atoms with Crippen LogP contribution in [0.4, 0.5) is 0 Å². The van der Waals surface area contributed by atoms with Gasteiger partial charge < -0.3 is 10.1 Å². The van der Waals surface area contributed by atoms with Crippen LogP contribution < -0.4 is 5.32 Å². The maximum Gasteiger partial charge on any atom is 0.305 e. The van der Waals surface area contributed by atoms with E-state index in [0.717, 1.165) is 24.9 Å². The molecule has 3 nitrogen and oxygen atoms in total. The minimum atomic E-state index is -0.0545. The predicted molar refractivity (Wildman–Crippen MR) is 74.9 cm³/mol. The highest BCUT2D eigenvalue weighted by molar-refractivity contribution is 5.85. The molecule has 106 valence electrons. The van der Waals surface area contributed by atoms with Crippen LogP contribution in [0.3, 0.4) is 0 Å². The van der Waals surface area contributed by atoms with Crippen molar-refractivity contribution in [1.29, 1.82) is 0 Å². The van der Waals surface area contributed by atoms with Crippen LogP contribution in [-0.2, 0) is 9.53 Å². The van der Waals surface area contributed by atoms with Crippen molar-refractivity contribution in [2.45, 2.75) is 44.9 Å². The van der Waals surface area contributed by atoms with Crippen molar-refractivity contribution < 1.29 is 9.53 Å². The van der Waals surface area contributed by atoms with E-state index in [1.807, 2.05) is 0 Å². The Bertz CT molecular complexity index is 254. The molecule has 0 aromatic carbocycles. The largest absolute Gasteiger partial charge is 0.469 e. The van der Waals surface area contributed by atoms with Crippen LogP contribution >= 0.6 is 12.4 Å². The number of piperidine rings is 1. The Morgan fingerprint density at radius 3 is 2.56 bits per heavy atom. The number of carbonyl (C=O) groups excluding carboxylic acids is 1. The number of halogens is 1. The fourth-order valence-electron chi connectivity index (χ4n) is 3.51. The van der Waals surface area contributed by atoms with Gasteiger partial charge in [0.25, 0.3) is 0 Å². The van der Waals surface area contributed by atoms with Gasteiger partial charge in [-0.25, -0.2) is 0 Å². The second kappa shape index (κ2) is 8.00. The summed E-state index contributed by atoms with van der Waals surface area (Å²) in [5, 5.41) is 3.50. The molecule has 2 atom stereocenters. The van der Waals surface area contributed by atoms with E-state index >= 15 is 0 Å². The van der Waals surface area contributed by atoms with E-state index in [4.69, 9.17) is 4.74 Å². The number of rotatable bonds is 3. The van der Waals surface area contributed by atoms with Crippen LogP contribution in [0.25, 0.3) is 0 Å². The average Bonchev–Trinajstić information content (AvgIpc) is 2.40. The molecule has 1 unspecified atom stereocenters. The SMILES string of the molecule is COC(=O)C[C@H]1CNCC(C2CCCCC2)C1.Cl. The molecule has 0 radical (unpaired) electrons. The molecule has 0 aromatic rings. The summed E-state index contributed by atoms with van der Waals surface area (Å²) in [5.41, 5.74) is 0. The average molecular weight is 276 g/mol. The molecule has 0 amide bonds. The van der Waals surface area contributed by atoms with Crippen LogP contribution in [0, 0.1) is 17.8 Å². The van der Waals surface area contributed by atoms with Gasteiger partial charge in [-0.15, -0.1) is 12.4 Å². The number of hydrogen-bond donors (Lipinski definition) is 1. The fourth-order valence-corrected chi connectivity index (χ4v) is 3.51. The molecule has 0 aromatic heterocycles. The lowest BCUT2D eigenvalue weighted by atomic mass is 9.74. The summed E-state index contributed by atoms with van der Waals surface area (Å²) in [6.07, 6.45) is 8.84. The van der Waals surface area contributed by atoms with Crippen molar-refractivity contribution in [3.8, 4) is 0 Å². The third-order valence-corrected chi connectivity index (χ3v) is 4.48. The summed E-state index contributed by atoms with van der Waals surface area (Å²) in [6.45, 7) is 2.14. The maximum atomic E-state index is 11.3. The van der Waals surface area contributed by atoms with Crippen molar-refractivity contribution in [2.24, 2.45) is 17.8 Å². The van der Waals surface area contributed by atoms with Crippen LogP contribution in [0.1, 0.15) is 44.9 Å². The molecular formula is C14H26ClNO2. The monoisotopic (exact) mass is 275 g/mol. The van der Waals surface area contributed by atoms with E-state index in [1.54, 1.807) is 0 Å². The molecule has 1 aliphatic carbocycles. The smallest absolute Gasteiger partial charge is 0.305 e. The van der Waals surface area contributed by atoms with E-state index in [0.29, 0.717) is 12.3 Å². The lowest BCUT2D eigenvalue weighted by molar-refractivity contribution is -0.142. The van der Waals surface area contributed by atoms with E-state index in [1.165, 1.54) is 45.6 Å². The summed E-state index contributed by atoms with van der Waals surface area (Å²) < 4.78 is 4.77. The molecule has 0 spiro atoms. The second-order valence-corrected chi connectivity index (χ2v) is 5.70. The van der Waals surface area contributed by atoms with Gasteiger partial charge in [0.15, 0.2) is 0 Å². The zero-order valence-electron chi connectivity index (χ0n) is 11.3. The van der Waals surface area contributed by atoms with Gasteiger partial charge in [0.05, 0.1) is 7.11 Å². The van der Waals surface area contributed by atoms with Crippen LogP contribution in [-0.4, -0.2) is 26.2 Å². The first kappa shape index (κ1) is 15.8. The van der Waals surface area contributed by atoms with E-state index in [9.17, 15) is 4.79 Å². The van der Waals surface area contributed by atoms with Gasteiger partial charge in [-0.2, -0.15) is 0 Å². The molecule has 1 saturated heterocycles. The maximum absolute atomic E-state index is 11.3. The first-order chi connectivity index (χ1) is 8.29. The van der Waals surface area contributed by atoms with E-state index in [2.05, 4.69) is 5.32 Å². The molecule has 2 aliphatic rings. The number of ether oxygens (including phenoxy) is 1. The van der Waals surface area contributed by atoms with E-state index in [-0.39, 0.29) is 18.4 Å². The first-order valence-corrected chi connectivity index (χ1v) is 7.07. The van der Waals surface area contributed by atoms with Crippen LogP contribution in [0.15, 0.2) is 0 Å². The molecule has 1 N–H and O–H groups in total. The Morgan fingerprint density at radius 2 is 1.89 bits per heavy atom. The van der Waals surface area contributed by atoms with Gasteiger partial charge in [-0.05, 0) is 37.3 Å². The van der Waals surface area contributed by atoms with Crippen LogP contribution in [0.5, 0.6) is 0 Å². The minimum absolute atomic E-state index is 0. The number of esters is 1. The van der Waals surface area contributed by atoms with Crippen molar-refractivity contribution >= 4 is 18.4 Å². The first-order valence-electron chi connectivity index (χ1n) is 7.07. The molecular weight excluding hydrogens is 250 g/mol. The molecule has 4 heteroatoms. The van der Waals surface area contributed by atoms with Crippen molar-refractivity contribution in [3.05, 3.63) is 0 Å². The molecule has 1 saturated carbocycles. The fraction of sp³-hybridized carbons (Fsp3) is 0.929. The van der Waals surface area contributed by atoms with Gasteiger partial charge in [-0.1, -0.05) is 32.1 Å². The molecule has 2 fully saturated rings. The van der Waals surface area contributed by atoms with E-state index < -0.39 is 0 Å². The molecule has 2 rings (SSSR count). The third-order valence-electron chi connectivity index (χ3n) is 4.48. The number of carbonyl (C=O) groups is 1. The predicted octanol–water partition coefficient (Wildman–Crippen LogP) is 2.78. The summed E-state index contributed by atoms with van der Waals surface area (Å²) in [4.78, 5) is 11.3. The second-order valence-electron chi connectivity index (χ2n) is 5.70. The Hall–Kier alpha value is -0.280. The standard InChI is InChI=1S/C14H25NO2.ClH/c1-17-14(16)8-11-7-13(10-15-9-11)12-5-3-2-4-6-12;/h11-13,15H,2-10H2,1H3;1H/t11-,13?;/m0./s1. The normalized spacial score (nSPS) is 29.4. The van der Waals surface area contributed by atoms with Gasteiger partial charge >= 0.3 is 5.97 Å². The number of hydrogen-bond acceptors (Lipinski definition) is 3. The van der Waals surface area contributed by atoms with Crippen molar-refractivity contribution in [2.75, 3.05) is 20.2 Å². The summed E-state index contributed by atoms with van der Waals surface area (Å²) in [5.74, 6) is 2.12. The van der Waals surface area contributed by atoms with Gasteiger partial charge in [0.1, 0.15) is 0 Å². The zero-order chi connectivity index (χ0) is 12.1. The highest BCUT2D eigenvalue weighted by Gasteiger charge is 2.30. The highest BCUT2D eigenvalue weighted by Crippen LogP contribution is 2.35. The molecule has 0 bridgehead atoms. The molecule has 18 heavy (non-hydrogen) atoms. The van der Waals surface area contributed by atoms with Gasteiger partial charge in [0, 0.05) is 6.42 Å². The summed E-state index contributed by atoms with van der Waals surface area (Å²) in [7, 11) is 1.48. The quantitative estimate of drug-likeness (QED) is 0.805. The lowest BCUT2D eigenvalue weighted by Gasteiger charge is -2.36. The number of nitrogens with one attached hydrogen (secondary N) is 1. The zero-order valence-corrected chi connectivity index (χ0v) is 12.1. The summed E-state index contributed by atoms with van der Waals surface area (Å²) >= 11 is 0. The van der Waals surface area contributed by atoms with Gasteiger partial charge in [0.2, 0.25) is 0 Å². The van der Waals surface area contributed by atoms with Crippen molar-refractivity contribution in [1.82, 2.24) is 5.32 Å². The topological polar surface area (TPSA) is 38.3 Å². The summed E-state index contributed by atoms with van der Waals surface area (Å²) in [6, 6.07) is 0. The Labute approximate surface area is 116 Å². The molecule has 1 aliphatic heterocycles. The Balaban J connectivity index is 0.00000162.